The van der Waals surface area contributed by atoms with Crippen molar-refractivity contribution in [3.63, 3.8) is 0 Å². The Labute approximate surface area is 104 Å². The van der Waals surface area contributed by atoms with Crippen LogP contribution in [-0.2, 0) is 18.0 Å². The Bertz CT molecular complexity index is 305. The Kier molecular flexibility index (Phi) is 5.80. The van der Waals surface area contributed by atoms with E-state index in [9.17, 15) is 0 Å². The molecule has 17 heavy (non-hydrogen) atoms. The number of hydrogen-bond acceptors (Lipinski definition) is 4. The molecule has 0 aromatic heterocycles. The summed E-state index contributed by atoms with van der Waals surface area (Å²) in [6.45, 7) is 2.51. The lowest BCUT2D eigenvalue weighted by Gasteiger charge is -2.32. The summed E-state index contributed by atoms with van der Waals surface area (Å²) in [4.78, 5) is 0. The van der Waals surface area contributed by atoms with E-state index in [2.05, 4.69) is 0 Å². The first-order chi connectivity index (χ1) is 8.24. The number of benzene rings is 1. The van der Waals surface area contributed by atoms with Crippen molar-refractivity contribution in [1.82, 2.24) is 0 Å². The minimum atomic E-state index is -2.83. The van der Waals surface area contributed by atoms with Crippen molar-refractivity contribution in [3.05, 3.63) is 35.9 Å². The standard InChI is InChI=1S/C12H20O4Si/c1-5-16-12(11-9-7-6-8-10-11)17(13-2,14-3)15-4/h6-10,12H,5H2,1-4H3. The van der Waals surface area contributed by atoms with Gasteiger partial charge in [-0.05, 0) is 12.5 Å². The van der Waals surface area contributed by atoms with Gasteiger partial charge in [0, 0.05) is 27.9 Å². The van der Waals surface area contributed by atoms with Gasteiger partial charge in [0.25, 0.3) is 0 Å². The average molecular weight is 256 g/mol. The lowest BCUT2D eigenvalue weighted by molar-refractivity contribution is 0.0169. The first-order valence-corrected chi connectivity index (χ1v) is 7.36. The van der Waals surface area contributed by atoms with Gasteiger partial charge in [0.1, 0.15) is 0 Å². The second-order valence-electron chi connectivity index (χ2n) is 3.46. The highest BCUT2D eigenvalue weighted by Gasteiger charge is 2.49. The third-order valence-electron chi connectivity index (χ3n) is 2.61. The monoisotopic (exact) mass is 256 g/mol. The van der Waals surface area contributed by atoms with Crippen LogP contribution in [0.2, 0.25) is 0 Å². The molecule has 1 unspecified atom stereocenters. The quantitative estimate of drug-likeness (QED) is 0.701. The van der Waals surface area contributed by atoms with E-state index in [1.807, 2.05) is 37.3 Å². The molecule has 0 N–H and O–H groups in total. The average Bonchev–Trinajstić information content (AvgIpc) is 2.41. The SMILES string of the molecule is CCOC(c1ccccc1)[Si](OC)(OC)OC. The molecule has 0 heterocycles. The van der Waals surface area contributed by atoms with E-state index in [0.29, 0.717) is 6.61 Å². The van der Waals surface area contributed by atoms with E-state index in [4.69, 9.17) is 18.0 Å². The van der Waals surface area contributed by atoms with Gasteiger partial charge in [0.05, 0.1) is 0 Å². The van der Waals surface area contributed by atoms with Crippen molar-refractivity contribution in [3.8, 4) is 0 Å². The van der Waals surface area contributed by atoms with Crippen LogP contribution in [0.4, 0.5) is 0 Å². The summed E-state index contributed by atoms with van der Waals surface area (Å²) in [5, 5.41) is 0. The van der Waals surface area contributed by atoms with Crippen molar-refractivity contribution in [1.29, 1.82) is 0 Å². The summed E-state index contributed by atoms with van der Waals surface area (Å²) in [7, 11) is 1.94. The Balaban J connectivity index is 3.07. The maximum absolute atomic E-state index is 5.75. The fourth-order valence-corrected chi connectivity index (χ4v) is 3.88. The highest BCUT2D eigenvalue weighted by molar-refractivity contribution is 6.61. The first-order valence-electron chi connectivity index (χ1n) is 5.56. The van der Waals surface area contributed by atoms with Crippen LogP contribution in [0.15, 0.2) is 30.3 Å². The summed E-state index contributed by atoms with van der Waals surface area (Å²) in [6.07, 6.45) is 0. The van der Waals surface area contributed by atoms with E-state index in [-0.39, 0.29) is 5.73 Å². The maximum atomic E-state index is 5.75. The van der Waals surface area contributed by atoms with E-state index in [1.54, 1.807) is 21.3 Å². The van der Waals surface area contributed by atoms with Crippen LogP contribution < -0.4 is 0 Å². The molecule has 1 aromatic rings. The third kappa shape index (κ3) is 3.14. The second kappa shape index (κ2) is 6.88. The molecule has 0 saturated heterocycles. The normalized spacial score (nSPS) is 13.6. The van der Waals surface area contributed by atoms with Crippen molar-refractivity contribution in [2.24, 2.45) is 0 Å². The zero-order valence-electron chi connectivity index (χ0n) is 10.8. The zero-order chi connectivity index (χ0) is 12.7. The fraction of sp³-hybridized carbons (Fsp3) is 0.500. The summed E-state index contributed by atoms with van der Waals surface area (Å²) < 4.78 is 22.2. The predicted molar refractivity (Wildman–Crippen MR) is 67.6 cm³/mol. The van der Waals surface area contributed by atoms with Crippen LogP contribution in [-0.4, -0.2) is 36.7 Å². The summed E-state index contributed by atoms with van der Waals surface area (Å²) >= 11 is 0. The van der Waals surface area contributed by atoms with Gasteiger partial charge in [-0.2, -0.15) is 0 Å². The van der Waals surface area contributed by atoms with Crippen LogP contribution in [0.25, 0.3) is 0 Å². The molecule has 0 radical (unpaired) electrons. The largest absolute Gasteiger partial charge is 0.535 e. The molecule has 0 fully saturated rings. The number of ether oxygens (including phenoxy) is 1. The lowest BCUT2D eigenvalue weighted by atomic mass is 10.2. The highest BCUT2D eigenvalue weighted by Crippen LogP contribution is 2.29. The fourth-order valence-electron chi connectivity index (χ4n) is 1.77. The van der Waals surface area contributed by atoms with Gasteiger partial charge in [-0.25, -0.2) is 0 Å². The van der Waals surface area contributed by atoms with Gasteiger partial charge >= 0.3 is 8.80 Å². The smallest absolute Gasteiger partial charge is 0.375 e. The molecule has 1 aromatic carbocycles. The van der Waals surface area contributed by atoms with Crippen molar-refractivity contribution in [2.45, 2.75) is 12.7 Å². The molecule has 4 nitrogen and oxygen atoms in total. The van der Waals surface area contributed by atoms with Crippen LogP contribution in [0.1, 0.15) is 18.2 Å². The lowest BCUT2D eigenvalue weighted by Crippen LogP contribution is -2.50. The Morgan fingerprint density at radius 1 is 1.00 bits per heavy atom. The molecule has 0 spiro atoms. The van der Waals surface area contributed by atoms with Gasteiger partial charge in [0.15, 0.2) is 5.73 Å². The Morgan fingerprint density at radius 3 is 1.94 bits per heavy atom. The van der Waals surface area contributed by atoms with E-state index < -0.39 is 8.80 Å². The molecule has 0 bridgehead atoms. The number of hydrogen-bond donors (Lipinski definition) is 0. The predicted octanol–water partition coefficient (Wildman–Crippen LogP) is 2.18. The molecule has 0 saturated carbocycles. The van der Waals surface area contributed by atoms with Crippen LogP contribution in [0, 0.1) is 0 Å². The molecule has 0 aliphatic heterocycles. The Morgan fingerprint density at radius 2 is 1.53 bits per heavy atom. The first kappa shape index (κ1) is 14.3. The summed E-state index contributed by atoms with van der Waals surface area (Å²) in [5.41, 5.74) is 0.709. The van der Waals surface area contributed by atoms with Crippen LogP contribution in [0.3, 0.4) is 0 Å². The molecule has 5 heteroatoms. The maximum Gasteiger partial charge on any atom is 0.535 e. The number of rotatable bonds is 7. The minimum absolute atomic E-state index is 0.298. The molecule has 0 aliphatic rings. The summed E-state index contributed by atoms with van der Waals surface area (Å²) in [6, 6.07) is 9.85. The second-order valence-corrected chi connectivity index (χ2v) is 6.42. The third-order valence-corrected chi connectivity index (χ3v) is 5.46. The van der Waals surface area contributed by atoms with Crippen molar-refractivity contribution < 1.29 is 18.0 Å². The van der Waals surface area contributed by atoms with Gasteiger partial charge in [-0.15, -0.1) is 0 Å². The van der Waals surface area contributed by atoms with E-state index in [1.165, 1.54) is 0 Å². The van der Waals surface area contributed by atoms with Gasteiger partial charge in [-0.1, -0.05) is 30.3 Å². The van der Waals surface area contributed by atoms with Crippen molar-refractivity contribution in [2.75, 3.05) is 27.9 Å². The molecule has 0 amide bonds. The molecule has 1 rings (SSSR count). The molecule has 1 atom stereocenters. The van der Waals surface area contributed by atoms with E-state index in [0.717, 1.165) is 5.56 Å². The molecule has 0 aliphatic carbocycles. The molecule has 96 valence electrons. The highest BCUT2D eigenvalue weighted by atomic mass is 28.4. The molecular formula is C12H20O4Si. The van der Waals surface area contributed by atoms with Gasteiger partial charge < -0.3 is 18.0 Å². The minimum Gasteiger partial charge on any atom is -0.375 e. The van der Waals surface area contributed by atoms with Gasteiger partial charge in [0.2, 0.25) is 0 Å². The van der Waals surface area contributed by atoms with Crippen molar-refractivity contribution >= 4 is 8.80 Å². The Hall–Kier alpha value is -0.723. The van der Waals surface area contributed by atoms with Gasteiger partial charge in [-0.3, -0.25) is 0 Å². The van der Waals surface area contributed by atoms with E-state index >= 15 is 0 Å². The van der Waals surface area contributed by atoms with Crippen LogP contribution in [0.5, 0.6) is 0 Å². The zero-order valence-corrected chi connectivity index (χ0v) is 11.8. The molecular weight excluding hydrogens is 236 g/mol. The summed E-state index contributed by atoms with van der Waals surface area (Å²) in [5.74, 6) is 0. The topological polar surface area (TPSA) is 36.9 Å². The van der Waals surface area contributed by atoms with Crippen LogP contribution >= 0.6 is 0 Å².